The van der Waals surface area contributed by atoms with Crippen molar-refractivity contribution >= 4 is 64.5 Å². The fourth-order valence-electron chi connectivity index (χ4n) is 2.54. The first kappa shape index (κ1) is 17.1. The van der Waals surface area contributed by atoms with Gasteiger partial charge in [0.2, 0.25) is 0 Å². The van der Waals surface area contributed by atoms with Crippen LogP contribution in [-0.4, -0.2) is 18.9 Å². The molecule has 0 fully saturated rings. The summed E-state index contributed by atoms with van der Waals surface area (Å²) in [5.74, 6) is 0. The maximum absolute atomic E-state index is 16.5. The van der Waals surface area contributed by atoms with Crippen LogP contribution in [0.4, 0.5) is 2.87 Å². The van der Waals surface area contributed by atoms with Crippen molar-refractivity contribution < 1.29 is 2.87 Å². The quantitative estimate of drug-likeness (QED) is 0.490. The van der Waals surface area contributed by atoms with Gasteiger partial charge in [0.15, 0.2) is 0 Å². The van der Waals surface area contributed by atoms with Gasteiger partial charge in [-0.3, -0.25) is 0 Å². The van der Waals surface area contributed by atoms with Crippen LogP contribution in [0.3, 0.4) is 0 Å². The first-order chi connectivity index (χ1) is 11.0. The Kier molecular flexibility index (Phi) is 5.22. The molecule has 23 heavy (non-hydrogen) atoms. The van der Waals surface area contributed by atoms with Crippen molar-refractivity contribution in [1.82, 2.24) is 0 Å². The number of benzene rings is 3. The van der Waals surface area contributed by atoms with Gasteiger partial charge >= 0.3 is 155 Å². The summed E-state index contributed by atoms with van der Waals surface area (Å²) in [5.41, 5.74) is 0. The van der Waals surface area contributed by atoms with E-state index in [0.29, 0.717) is 25.8 Å². The third kappa shape index (κ3) is 3.53. The Bertz CT molecular complexity index is 688. The second kappa shape index (κ2) is 7.02. The molecule has 0 amide bonds. The summed E-state index contributed by atoms with van der Waals surface area (Å²) in [6, 6.07) is 21.1. The normalized spacial score (nSPS) is 11.5. The van der Waals surface area contributed by atoms with E-state index < -0.39 is 18.9 Å². The summed E-state index contributed by atoms with van der Waals surface area (Å²) >= 11 is 13.3. The maximum atomic E-state index is 16.5. The van der Waals surface area contributed by atoms with Crippen molar-refractivity contribution in [2.45, 2.75) is 0 Å². The van der Waals surface area contributed by atoms with E-state index in [1.54, 1.807) is 72.8 Å². The second-order valence-corrected chi connectivity index (χ2v) is 15.2. The predicted molar refractivity (Wildman–Crippen MR) is 100 cm³/mol. The van der Waals surface area contributed by atoms with Crippen LogP contribution < -0.4 is 10.7 Å². The van der Waals surface area contributed by atoms with Crippen LogP contribution in [-0.2, 0) is 0 Å². The third-order valence-electron chi connectivity index (χ3n) is 3.73. The zero-order chi connectivity index (χ0) is 16.4. The summed E-state index contributed by atoms with van der Waals surface area (Å²) in [6.45, 7) is 0. The van der Waals surface area contributed by atoms with E-state index in [1.165, 1.54) is 0 Å². The van der Waals surface area contributed by atoms with Gasteiger partial charge in [-0.15, -0.1) is 0 Å². The Morgan fingerprint density at radius 2 is 0.696 bits per heavy atom. The molecule has 0 spiro atoms. The van der Waals surface area contributed by atoms with Crippen molar-refractivity contribution in [1.29, 1.82) is 0 Å². The molecule has 0 atom stereocenters. The Balaban J connectivity index is 2.21. The number of hydrogen-bond acceptors (Lipinski definition) is 0. The van der Waals surface area contributed by atoms with Crippen molar-refractivity contribution in [3.63, 3.8) is 0 Å². The molecule has 0 N–H and O–H groups in total. The van der Waals surface area contributed by atoms with Crippen molar-refractivity contribution in [3.05, 3.63) is 87.9 Å². The zero-order valence-electron chi connectivity index (χ0n) is 11.9. The standard InChI is InChI=1S/3C6H4Cl.FH.Sn/c3*7-6-4-2-1-3-5-6;;/h3*2-5H;1H;/q;;;;+1/p-1. The number of hydrogen-bond donors (Lipinski definition) is 0. The second-order valence-electron chi connectivity index (χ2n) is 5.18. The van der Waals surface area contributed by atoms with Gasteiger partial charge in [0.25, 0.3) is 0 Å². The molecule has 5 heteroatoms. The minimum absolute atomic E-state index is 0.592. The Morgan fingerprint density at radius 3 is 0.913 bits per heavy atom. The van der Waals surface area contributed by atoms with Gasteiger partial charge in [0, 0.05) is 0 Å². The van der Waals surface area contributed by atoms with Crippen molar-refractivity contribution in [2.24, 2.45) is 0 Å². The van der Waals surface area contributed by atoms with Crippen molar-refractivity contribution in [2.75, 3.05) is 0 Å². The van der Waals surface area contributed by atoms with Crippen LogP contribution in [0.25, 0.3) is 0 Å². The molecular formula is C18H12Cl3FSn. The van der Waals surface area contributed by atoms with Gasteiger partial charge in [-0.1, -0.05) is 0 Å². The van der Waals surface area contributed by atoms with E-state index in [1.807, 2.05) is 0 Å². The minimum atomic E-state index is -4.55. The molecule has 0 aromatic heterocycles. The molecule has 116 valence electrons. The van der Waals surface area contributed by atoms with Crippen LogP contribution in [0, 0.1) is 0 Å². The molecule has 0 aliphatic heterocycles. The van der Waals surface area contributed by atoms with Crippen LogP contribution in [0.15, 0.2) is 72.8 Å². The topological polar surface area (TPSA) is 0 Å². The summed E-state index contributed by atoms with van der Waals surface area (Å²) < 4.78 is 18.6. The molecule has 0 aliphatic rings. The molecule has 0 nitrogen and oxygen atoms in total. The molecule has 0 bridgehead atoms. The first-order valence-electron chi connectivity index (χ1n) is 6.97. The molecule has 0 saturated carbocycles. The van der Waals surface area contributed by atoms with Gasteiger partial charge in [-0.25, -0.2) is 0 Å². The average molecular weight is 472 g/mol. The van der Waals surface area contributed by atoms with Gasteiger partial charge in [0.05, 0.1) is 0 Å². The van der Waals surface area contributed by atoms with Gasteiger partial charge < -0.3 is 0 Å². The van der Waals surface area contributed by atoms with Crippen molar-refractivity contribution in [3.8, 4) is 0 Å². The Hall–Kier alpha value is -0.741. The van der Waals surface area contributed by atoms with E-state index in [9.17, 15) is 0 Å². The monoisotopic (exact) mass is 472 g/mol. The third-order valence-corrected chi connectivity index (χ3v) is 14.1. The van der Waals surface area contributed by atoms with E-state index in [4.69, 9.17) is 34.8 Å². The molecule has 3 aromatic carbocycles. The molecule has 0 heterocycles. The molecule has 0 unspecified atom stereocenters. The van der Waals surface area contributed by atoms with Crippen LogP contribution in [0.5, 0.6) is 0 Å². The van der Waals surface area contributed by atoms with E-state index in [2.05, 4.69) is 0 Å². The van der Waals surface area contributed by atoms with E-state index in [-0.39, 0.29) is 0 Å². The van der Waals surface area contributed by atoms with E-state index >= 15 is 2.87 Å². The summed E-state index contributed by atoms with van der Waals surface area (Å²) in [5, 5.41) is 1.78. The average Bonchev–Trinajstić information content (AvgIpc) is 2.56. The van der Waals surface area contributed by atoms with E-state index in [0.717, 1.165) is 0 Å². The molecular weight excluding hydrogens is 460 g/mol. The fraction of sp³-hybridized carbons (Fsp3) is 0. The van der Waals surface area contributed by atoms with Crippen LogP contribution in [0.2, 0.25) is 15.1 Å². The van der Waals surface area contributed by atoms with Crippen LogP contribution in [0.1, 0.15) is 0 Å². The summed E-state index contributed by atoms with van der Waals surface area (Å²) in [7, 11) is 0. The first-order valence-corrected chi connectivity index (χ1v) is 13.5. The molecule has 3 rings (SSSR count). The van der Waals surface area contributed by atoms with Crippen LogP contribution >= 0.6 is 34.8 Å². The SMILES string of the molecule is [F][Sn]([c]1ccc(Cl)cc1)([c]1ccc(Cl)cc1)[c]1ccc(Cl)cc1. The predicted octanol–water partition coefficient (Wildman–Crippen LogP) is 4.58. The summed E-state index contributed by atoms with van der Waals surface area (Å²) in [6.07, 6.45) is 0. The Morgan fingerprint density at radius 1 is 0.478 bits per heavy atom. The van der Waals surface area contributed by atoms with Gasteiger partial charge in [0.1, 0.15) is 0 Å². The fourth-order valence-corrected chi connectivity index (χ4v) is 11.1. The molecule has 3 aromatic rings. The Labute approximate surface area is 154 Å². The molecule has 0 radical (unpaired) electrons. The molecule has 0 aliphatic carbocycles. The summed E-state index contributed by atoms with van der Waals surface area (Å²) in [4.78, 5) is 0. The van der Waals surface area contributed by atoms with Gasteiger partial charge in [-0.05, 0) is 0 Å². The number of rotatable bonds is 3. The molecule has 0 saturated heterocycles. The van der Waals surface area contributed by atoms with Gasteiger partial charge in [-0.2, -0.15) is 0 Å². The number of halogens is 4. The zero-order valence-corrected chi connectivity index (χ0v) is 17.1.